The molecule has 2 atom stereocenters. The molecule has 5 heteroatoms. The molecule has 0 aliphatic carbocycles. The Labute approximate surface area is 154 Å². The second-order valence-electron chi connectivity index (χ2n) is 6.99. The van der Waals surface area contributed by atoms with Gasteiger partial charge in [-0.25, -0.2) is 4.98 Å². The molecule has 3 rings (SSSR count). The molecule has 1 N–H and O–H groups in total. The Balaban J connectivity index is 1.59. The number of carbonyl (C=O) groups is 1. The van der Waals surface area contributed by atoms with E-state index in [1.165, 1.54) is 24.8 Å². The SMILES string of the molecule is C[C@@H]1CN(CCc2cccc(NC(=O)c3ccnc(Cl)c3)c2)C[C@H]1C. The van der Waals surface area contributed by atoms with Crippen LogP contribution in [-0.2, 0) is 6.42 Å². The van der Waals surface area contributed by atoms with Gasteiger partial charge in [0.05, 0.1) is 0 Å². The Bertz CT molecular complexity index is 739. The molecule has 132 valence electrons. The first-order chi connectivity index (χ1) is 12.0. The van der Waals surface area contributed by atoms with Crippen LogP contribution in [0.1, 0.15) is 29.8 Å². The third-order valence-electron chi connectivity index (χ3n) is 4.95. The van der Waals surface area contributed by atoms with Crippen molar-refractivity contribution in [3.05, 3.63) is 58.9 Å². The van der Waals surface area contributed by atoms with Crippen LogP contribution < -0.4 is 5.32 Å². The zero-order chi connectivity index (χ0) is 17.8. The van der Waals surface area contributed by atoms with Crippen LogP contribution in [0.15, 0.2) is 42.6 Å². The Morgan fingerprint density at radius 3 is 2.72 bits per heavy atom. The maximum Gasteiger partial charge on any atom is 0.255 e. The molecule has 0 spiro atoms. The van der Waals surface area contributed by atoms with E-state index in [1.54, 1.807) is 12.1 Å². The van der Waals surface area contributed by atoms with Crippen molar-refractivity contribution in [3.63, 3.8) is 0 Å². The van der Waals surface area contributed by atoms with Gasteiger partial charge in [-0.2, -0.15) is 0 Å². The minimum Gasteiger partial charge on any atom is -0.322 e. The lowest BCUT2D eigenvalue weighted by atomic mass is 10.0. The molecule has 0 bridgehead atoms. The van der Waals surface area contributed by atoms with Crippen molar-refractivity contribution < 1.29 is 4.79 Å². The number of halogens is 1. The lowest BCUT2D eigenvalue weighted by Crippen LogP contribution is -2.23. The predicted octanol–water partition coefficient (Wildman–Crippen LogP) is 4.12. The number of aromatic nitrogens is 1. The summed E-state index contributed by atoms with van der Waals surface area (Å²) in [6.07, 6.45) is 2.52. The van der Waals surface area contributed by atoms with Crippen LogP contribution in [0.4, 0.5) is 5.69 Å². The molecule has 1 aliphatic rings. The lowest BCUT2D eigenvalue weighted by molar-refractivity contribution is 0.102. The highest BCUT2D eigenvalue weighted by atomic mass is 35.5. The van der Waals surface area contributed by atoms with Gasteiger partial charge >= 0.3 is 0 Å². The fraction of sp³-hybridized carbons (Fsp3) is 0.400. The minimum absolute atomic E-state index is 0.177. The summed E-state index contributed by atoms with van der Waals surface area (Å²) in [4.78, 5) is 18.7. The van der Waals surface area contributed by atoms with Crippen molar-refractivity contribution in [2.24, 2.45) is 11.8 Å². The van der Waals surface area contributed by atoms with E-state index in [-0.39, 0.29) is 5.91 Å². The van der Waals surface area contributed by atoms with E-state index in [1.807, 2.05) is 18.2 Å². The van der Waals surface area contributed by atoms with E-state index < -0.39 is 0 Å². The monoisotopic (exact) mass is 357 g/mol. The Morgan fingerprint density at radius 2 is 2.00 bits per heavy atom. The minimum atomic E-state index is -0.177. The van der Waals surface area contributed by atoms with Crippen LogP contribution in [0.5, 0.6) is 0 Å². The quantitative estimate of drug-likeness (QED) is 0.819. The summed E-state index contributed by atoms with van der Waals surface area (Å²) < 4.78 is 0. The summed E-state index contributed by atoms with van der Waals surface area (Å²) in [5, 5.41) is 3.24. The molecule has 1 aromatic heterocycles. The largest absolute Gasteiger partial charge is 0.322 e. The zero-order valence-corrected chi connectivity index (χ0v) is 15.5. The lowest BCUT2D eigenvalue weighted by Gasteiger charge is -2.15. The predicted molar refractivity (Wildman–Crippen MR) is 102 cm³/mol. The van der Waals surface area contributed by atoms with E-state index in [0.29, 0.717) is 10.7 Å². The molecule has 1 saturated heterocycles. The number of carbonyl (C=O) groups excluding carboxylic acids is 1. The van der Waals surface area contributed by atoms with Crippen LogP contribution in [-0.4, -0.2) is 35.4 Å². The van der Waals surface area contributed by atoms with Crippen molar-refractivity contribution in [1.29, 1.82) is 0 Å². The van der Waals surface area contributed by atoms with Gasteiger partial charge in [0.1, 0.15) is 5.15 Å². The molecule has 4 nitrogen and oxygen atoms in total. The smallest absolute Gasteiger partial charge is 0.255 e. The highest BCUT2D eigenvalue weighted by Gasteiger charge is 2.25. The number of likely N-dealkylation sites (tertiary alicyclic amines) is 1. The Morgan fingerprint density at radius 1 is 1.24 bits per heavy atom. The summed E-state index contributed by atoms with van der Waals surface area (Å²) in [5.41, 5.74) is 2.54. The average Bonchev–Trinajstić information content (AvgIpc) is 2.91. The molecular weight excluding hydrogens is 334 g/mol. The maximum absolute atomic E-state index is 12.3. The van der Waals surface area contributed by atoms with Gasteiger partial charge in [-0.15, -0.1) is 0 Å². The van der Waals surface area contributed by atoms with Crippen LogP contribution in [0.25, 0.3) is 0 Å². The average molecular weight is 358 g/mol. The van der Waals surface area contributed by atoms with Gasteiger partial charge in [0.2, 0.25) is 0 Å². The highest BCUT2D eigenvalue weighted by Crippen LogP contribution is 2.22. The van der Waals surface area contributed by atoms with Crippen molar-refractivity contribution in [2.75, 3.05) is 25.0 Å². The fourth-order valence-electron chi connectivity index (χ4n) is 3.27. The standard InChI is InChI=1S/C20H24ClN3O/c1-14-12-24(13-15(14)2)9-7-16-4-3-5-18(10-16)23-20(25)17-6-8-22-19(21)11-17/h3-6,8,10-11,14-15H,7,9,12-13H2,1-2H3,(H,23,25)/t14-,15-/m1/s1. The van der Waals surface area contributed by atoms with Gasteiger partial charge < -0.3 is 10.2 Å². The second kappa shape index (κ2) is 7.98. The van der Waals surface area contributed by atoms with E-state index in [2.05, 4.69) is 35.1 Å². The maximum atomic E-state index is 12.3. The summed E-state index contributed by atoms with van der Waals surface area (Å²) in [6.45, 7) is 8.07. The topological polar surface area (TPSA) is 45.2 Å². The molecule has 0 saturated carbocycles. The van der Waals surface area contributed by atoms with E-state index >= 15 is 0 Å². The van der Waals surface area contributed by atoms with Crippen LogP contribution in [0.2, 0.25) is 5.15 Å². The molecular formula is C20H24ClN3O. The molecule has 1 aromatic carbocycles. The number of anilines is 1. The van der Waals surface area contributed by atoms with Crippen LogP contribution >= 0.6 is 11.6 Å². The number of pyridine rings is 1. The van der Waals surface area contributed by atoms with Gasteiger partial charge in [0, 0.05) is 37.1 Å². The Hall–Kier alpha value is -1.91. The first kappa shape index (κ1) is 17.9. The summed E-state index contributed by atoms with van der Waals surface area (Å²) in [7, 11) is 0. The van der Waals surface area contributed by atoms with Crippen molar-refractivity contribution in [1.82, 2.24) is 9.88 Å². The molecule has 0 unspecified atom stereocenters. The zero-order valence-electron chi connectivity index (χ0n) is 14.7. The highest BCUT2D eigenvalue weighted by molar-refractivity contribution is 6.29. The van der Waals surface area contributed by atoms with E-state index in [9.17, 15) is 4.79 Å². The van der Waals surface area contributed by atoms with E-state index in [0.717, 1.165) is 30.5 Å². The molecule has 25 heavy (non-hydrogen) atoms. The summed E-state index contributed by atoms with van der Waals surface area (Å²) >= 11 is 5.85. The molecule has 0 radical (unpaired) electrons. The fourth-order valence-corrected chi connectivity index (χ4v) is 3.44. The number of rotatable bonds is 5. The third kappa shape index (κ3) is 4.80. The van der Waals surface area contributed by atoms with Crippen molar-refractivity contribution in [3.8, 4) is 0 Å². The van der Waals surface area contributed by atoms with Crippen LogP contribution in [0.3, 0.4) is 0 Å². The van der Waals surface area contributed by atoms with Gasteiger partial charge in [-0.3, -0.25) is 4.79 Å². The Kier molecular flexibility index (Phi) is 5.71. The number of benzene rings is 1. The number of hydrogen-bond donors (Lipinski definition) is 1. The molecule has 2 heterocycles. The van der Waals surface area contributed by atoms with Gasteiger partial charge in [0.25, 0.3) is 5.91 Å². The van der Waals surface area contributed by atoms with E-state index in [4.69, 9.17) is 11.6 Å². The number of hydrogen-bond acceptors (Lipinski definition) is 3. The third-order valence-corrected chi connectivity index (χ3v) is 5.16. The van der Waals surface area contributed by atoms with Crippen molar-refractivity contribution in [2.45, 2.75) is 20.3 Å². The van der Waals surface area contributed by atoms with Gasteiger partial charge in [-0.05, 0) is 48.1 Å². The number of nitrogens with zero attached hydrogens (tertiary/aromatic N) is 2. The molecule has 1 fully saturated rings. The van der Waals surface area contributed by atoms with Gasteiger partial charge in [0.15, 0.2) is 0 Å². The molecule has 1 amide bonds. The first-order valence-corrected chi connectivity index (χ1v) is 9.13. The summed E-state index contributed by atoms with van der Waals surface area (Å²) in [5.74, 6) is 1.37. The van der Waals surface area contributed by atoms with Crippen molar-refractivity contribution >= 4 is 23.2 Å². The second-order valence-corrected chi connectivity index (χ2v) is 7.37. The molecule has 1 aliphatic heterocycles. The summed E-state index contributed by atoms with van der Waals surface area (Å²) in [6, 6.07) is 11.3. The normalized spacial score (nSPS) is 20.6. The number of amides is 1. The first-order valence-electron chi connectivity index (χ1n) is 8.75. The molecule has 2 aromatic rings. The number of nitrogens with one attached hydrogen (secondary N) is 1. The van der Waals surface area contributed by atoms with Gasteiger partial charge in [-0.1, -0.05) is 37.6 Å². The van der Waals surface area contributed by atoms with Crippen LogP contribution in [0, 0.1) is 11.8 Å².